The maximum Gasteiger partial charge on any atom is 0.322 e. The van der Waals surface area contributed by atoms with Crippen molar-refractivity contribution in [3.8, 4) is 0 Å². The highest BCUT2D eigenvalue weighted by molar-refractivity contribution is 7.09. The number of hydrogen-bond donors (Lipinski definition) is 1. The minimum absolute atomic E-state index is 0.000177. The van der Waals surface area contributed by atoms with Gasteiger partial charge in [0.25, 0.3) is 5.91 Å². The lowest BCUT2D eigenvalue weighted by atomic mass is 9.99. The third kappa shape index (κ3) is 6.06. The fourth-order valence-corrected chi connectivity index (χ4v) is 4.40. The van der Waals surface area contributed by atoms with Gasteiger partial charge in [-0.3, -0.25) is 4.79 Å². The molecule has 1 fully saturated rings. The van der Waals surface area contributed by atoms with Crippen LogP contribution in [0.2, 0.25) is 0 Å². The number of hydrogen-bond acceptors (Lipinski definition) is 4. The molecule has 31 heavy (non-hydrogen) atoms. The number of carbonyl (C=O) groups is 2. The quantitative estimate of drug-likeness (QED) is 0.635. The van der Waals surface area contributed by atoms with E-state index in [1.54, 1.807) is 4.90 Å². The molecule has 0 radical (unpaired) electrons. The fourth-order valence-electron chi connectivity index (χ4n) is 3.64. The molecule has 1 aromatic carbocycles. The van der Waals surface area contributed by atoms with E-state index in [-0.39, 0.29) is 18.0 Å². The van der Waals surface area contributed by atoms with E-state index in [0.29, 0.717) is 24.1 Å². The zero-order valence-electron chi connectivity index (χ0n) is 19.2. The van der Waals surface area contributed by atoms with Crippen LogP contribution in [0.4, 0.5) is 10.5 Å². The van der Waals surface area contributed by atoms with Crippen molar-refractivity contribution in [1.82, 2.24) is 14.8 Å². The SMILES string of the molecule is CC1CCN(C(=O)c2csc(CN(C(=O)Nc3ccc(C(C)C)cc3)C(C)C)n2)CC1. The Kier molecular flexibility index (Phi) is 7.70. The molecule has 1 aliphatic heterocycles. The van der Waals surface area contributed by atoms with E-state index < -0.39 is 0 Å². The summed E-state index contributed by atoms with van der Waals surface area (Å²) in [6, 6.07) is 7.79. The Hall–Kier alpha value is -2.41. The minimum atomic E-state index is -0.166. The molecule has 1 aromatic heterocycles. The Bertz CT molecular complexity index is 883. The molecule has 168 valence electrons. The van der Waals surface area contributed by atoms with Gasteiger partial charge in [-0.1, -0.05) is 32.9 Å². The van der Waals surface area contributed by atoms with E-state index in [1.807, 2.05) is 48.4 Å². The first-order chi connectivity index (χ1) is 14.7. The number of amides is 3. The van der Waals surface area contributed by atoms with Crippen molar-refractivity contribution < 1.29 is 9.59 Å². The lowest BCUT2D eigenvalue weighted by molar-refractivity contribution is 0.0692. The van der Waals surface area contributed by atoms with Gasteiger partial charge in [0.05, 0.1) is 6.54 Å². The Morgan fingerprint density at radius 3 is 2.39 bits per heavy atom. The number of rotatable bonds is 6. The van der Waals surface area contributed by atoms with Gasteiger partial charge in [-0.25, -0.2) is 9.78 Å². The third-order valence-electron chi connectivity index (χ3n) is 5.86. The first-order valence-corrected chi connectivity index (χ1v) is 12.0. The second-order valence-corrected chi connectivity index (χ2v) is 9.97. The first-order valence-electron chi connectivity index (χ1n) is 11.2. The monoisotopic (exact) mass is 442 g/mol. The largest absolute Gasteiger partial charge is 0.337 e. The van der Waals surface area contributed by atoms with Crippen molar-refractivity contribution in [3.63, 3.8) is 0 Å². The molecule has 2 aromatic rings. The second-order valence-electron chi connectivity index (χ2n) is 9.03. The summed E-state index contributed by atoms with van der Waals surface area (Å²) in [5, 5.41) is 5.57. The van der Waals surface area contributed by atoms with Gasteiger partial charge in [-0.2, -0.15) is 0 Å². The van der Waals surface area contributed by atoms with Gasteiger partial charge in [-0.15, -0.1) is 11.3 Å². The van der Waals surface area contributed by atoms with Crippen LogP contribution in [0.15, 0.2) is 29.6 Å². The van der Waals surface area contributed by atoms with Gasteiger partial charge in [-0.05, 0) is 56.2 Å². The van der Waals surface area contributed by atoms with Gasteiger partial charge in [0, 0.05) is 30.2 Å². The lowest BCUT2D eigenvalue weighted by Gasteiger charge is -2.29. The molecule has 0 spiro atoms. The number of benzene rings is 1. The van der Waals surface area contributed by atoms with Gasteiger partial charge >= 0.3 is 6.03 Å². The highest BCUT2D eigenvalue weighted by Gasteiger charge is 2.24. The van der Waals surface area contributed by atoms with Crippen molar-refractivity contribution in [2.24, 2.45) is 5.92 Å². The third-order valence-corrected chi connectivity index (χ3v) is 6.69. The number of urea groups is 1. The molecule has 0 aliphatic carbocycles. The fraction of sp³-hybridized carbons (Fsp3) is 0.542. The van der Waals surface area contributed by atoms with E-state index in [2.05, 4.69) is 31.1 Å². The predicted molar refractivity (Wildman–Crippen MR) is 127 cm³/mol. The van der Waals surface area contributed by atoms with Gasteiger partial charge in [0.2, 0.25) is 0 Å². The van der Waals surface area contributed by atoms with E-state index in [9.17, 15) is 9.59 Å². The second kappa shape index (κ2) is 10.3. The van der Waals surface area contributed by atoms with Crippen LogP contribution in [0.3, 0.4) is 0 Å². The summed E-state index contributed by atoms with van der Waals surface area (Å²) in [7, 11) is 0. The van der Waals surface area contributed by atoms with Crippen molar-refractivity contribution in [2.45, 2.75) is 66.0 Å². The van der Waals surface area contributed by atoms with Crippen molar-refractivity contribution in [3.05, 3.63) is 45.9 Å². The molecule has 0 bridgehead atoms. The highest BCUT2D eigenvalue weighted by Crippen LogP contribution is 2.21. The Balaban J connectivity index is 1.63. The normalized spacial score (nSPS) is 14.9. The number of aromatic nitrogens is 1. The molecule has 1 aliphatic rings. The minimum Gasteiger partial charge on any atom is -0.337 e. The molecular formula is C24H34N4O2S. The summed E-state index contributed by atoms with van der Waals surface area (Å²) in [4.78, 5) is 33.9. The number of piperidine rings is 1. The maximum atomic E-state index is 12.9. The highest BCUT2D eigenvalue weighted by atomic mass is 32.1. The van der Waals surface area contributed by atoms with Crippen molar-refractivity contribution in [1.29, 1.82) is 0 Å². The van der Waals surface area contributed by atoms with Crippen LogP contribution in [0.5, 0.6) is 0 Å². The zero-order valence-corrected chi connectivity index (χ0v) is 20.0. The summed E-state index contributed by atoms with van der Waals surface area (Å²) in [5.41, 5.74) is 2.50. The van der Waals surface area contributed by atoms with Crippen LogP contribution >= 0.6 is 11.3 Å². The van der Waals surface area contributed by atoms with Crippen LogP contribution in [0.1, 0.15) is 74.4 Å². The standard InChI is InChI=1S/C24H34N4O2S/c1-16(2)19-6-8-20(9-7-19)25-24(30)28(17(3)4)14-22-26-21(15-31-22)23(29)27-12-10-18(5)11-13-27/h6-9,15-18H,10-14H2,1-5H3,(H,25,30). The number of nitrogens with one attached hydrogen (secondary N) is 1. The molecule has 0 saturated carbocycles. The van der Waals surface area contributed by atoms with E-state index in [4.69, 9.17) is 0 Å². The molecule has 1 N–H and O–H groups in total. The molecule has 1 saturated heterocycles. The number of carbonyl (C=O) groups excluding carboxylic acids is 2. The number of thiazole rings is 1. The molecule has 6 nitrogen and oxygen atoms in total. The predicted octanol–water partition coefficient (Wildman–Crippen LogP) is 5.58. The Morgan fingerprint density at radius 2 is 1.81 bits per heavy atom. The summed E-state index contributed by atoms with van der Waals surface area (Å²) in [6.07, 6.45) is 2.09. The topological polar surface area (TPSA) is 65.5 Å². The molecule has 2 heterocycles. The summed E-state index contributed by atoms with van der Waals surface area (Å²) in [5.74, 6) is 1.13. The van der Waals surface area contributed by atoms with Crippen LogP contribution in [-0.2, 0) is 6.54 Å². The Morgan fingerprint density at radius 1 is 1.16 bits per heavy atom. The van der Waals surface area contributed by atoms with E-state index in [0.717, 1.165) is 36.6 Å². The number of anilines is 1. The smallest absolute Gasteiger partial charge is 0.322 e. The summed E-state index contributed by atoms with van der Waals surface area (Å²) >= 11 is 1.44. The van der Waals surface area contributed by atoms with Crippen LogP contribution in [0.25, 0.3) is 0 Å². The summed E-state index contributed by atoms with van der Waals surface area (Å²) < 4.78 is 0. The molecule has 3 rings (SSSR count). The average molecular weight is 443 g/mol. The number of nitrogens with zero attached hydrogens (tertiary/aromatic N) is 3. The lowest BCUT2D eigenvalue weighted by Crippen LogP contribution is -2.39. The maximum absolute atomic E-state index is 12.9. The molecule has 0 atom stereocenters. The van der Waals surface area contributed by atoms with Gasteiger partial charge < -0.3 is 15.1 Å². The molecule has 0 unspecified atom stereocenters. The van der Waals surface area contributed by atoms with E-state index in [1.165, 1.54) is 16.9 Å². The van der Waals surface area contributed by atoms with Crippen LogP contribution < -0.4 is 5.32 Å². The van der Waals surface area contributed by atoms with Crippen molar-refractivity contribution in [2.75, 3.05) is 18.4 Å². The van der Waals surface area contributed by atoms with Crippen LogP contribution in [0, 0.1) is 5.92 Å². The Labute approximate surface area is 189 Å². The average Bonchev–Trinajstić information content (AvgIpc) is 3.21. The van der Waals surface area contributed by atoms with Crippen LogP contribution in [-0.4, -0.2) is 45.9 Å². The van der Waals surface area contributed by atoms with Crippen molar-refractivity contribution >= 4 is 29.0 Å². The first kappa shape index (κ1) is 23.3. The molecule has 3 amide bonds. The van der Waals surface area contributed by atoms with Gasteiger partial charge in [0.1, 0.15) is 10.7 Å². The van der Waals surface area contributed by atoms with E-state index >= 15 is 0 Å². The number of likely N-dealkylation sites (tertiary alicyclic amines) is 1. The molecular weight excluding hydrogens is 408 g/mol. The molecule has 7 heteroatoms. The van der Waals surface area contributed by atoms with Gasteiger partial charge in [0.15, 0.2) is 0 Å². The summed E-state index contributed by atoms with van der Waals surface area (Å²) in [6.45, 7) is 12.5. The zero-order chi connectivity index (χ0) is 22.5.